The Morgan fingerprint density at radius 1 is 1.33 bits per heavy atom. The fourth-order valence-corrected chi connectivity index (χ4v) is 3.14. The molecule has 1 N–H and O–H groups in total. The Labute approximate surface area is 131 Å². The number of imidazole rings is 1. The smallest absolute Gasteiger partial charge is 0.113 e. The molecule has 0 aliphatic carbocycles. The number of aromatic nitrogens is 3. The van der Waals surface area contributed by atoms with Crippen molar-refractivity contribution in [3.05, 3.63) is 33.8 Å². The lowest BCUT2D eigenvalue weighted by Gasteiger charge is -2.14. The third-order valence-electron chi connectivity index (χ3n) is 3.48. The first-order chi connectivity index (χ1) is 9.91. The van der Waals surface area contributed by atoms with E-state index < -0.39 is 0 Å². The SMILES string of the molecule is CCCNCc1cnc(C)n1Cc1nc(C(C)(C)C)cs1. The van der Waals surface area contributed by atoms with Gasteiger partial charge in [0.1, 0.15) is 10.8 Å². The average Bonchev–Trinajstić information content (AvgIpc) is 3.00. The highest BCUT2D eigenvalue weighted by Crippen LogP contribution is 2.24. The third-order valence-corrected chi connectivity index (χ3v) is 4.32. The Kier molecular flexibility index (Phi) is 5.17. The van der Waals surface area contributed by atoms with Crippen molar-refractivity contribution in [2.75, 3.05) is 6.54 Å². The standard InChI is InChI=1S/C16H26N4S/c1-6-7-17-8-13-9-18-12(2)20(13)10-15-19-14(11-21-15)16(3,4)5/h9,11,17H,6-8,10H2,1-5H3. The van der Waals surface area contributed by atoms with Crippen molar-refractivity contribution >= 4 is 11.3 Å². The molecule has 0 unspecified atom stereocenters. The summed E-state index contributed by atoms with van der Waals surface area (Å²) in [5.41, 5.74) is 2.52. The van der Waals surface area contributed by atoms with Crippen LogP contribution < -0.4 is 5.32 Å². The summed E-state index contributed by atoms with van der Waals surface area (Å²) in [6.07, 6.45) is 3.12. The van der Waals surface area contributed by atoms with E-state index in [9.17, 15) is 0 Å². The zero-order chi connectivity index (χ0) is 15.5. The van der Waals surface area contributed by atoms with Gasteiger partial charge in [-0.2, -0.15) is 0 Å². The minimum absolute atomic E-state index is 0.115. The van der Waals surface area contributed by atoms with E-state index in [1.165, 1.54) is 11.4 Å². The molecule has 4 nitrogen and oxygen atoms in total. The summed E-state index contributed by atoms with van der Waals surface area (Å²) < 4.78 is 2.26. The van der Waals surface area contributed by atoms with Gasteiger partial charge in [-0.1, -0.05) is 27.7 Å². The molecule has 0 saturated carbocycles. The minimum Gasteiger partial charge on any atom is -0.324 e. The lowest BCUT2D eigenvalue weighted by atomic mass is 9.93. The van der Waals surface area contributed by atoms with E-state index in [0.717, 1.165) is 36.9 Å². The maximum Gasteiger partial charge on any atom is 0.113 e. The molecule has 5 heteroatoms. The van der Waals surface area contributed by atoms with Gasteiger partial charge in [0.15, 0.2) is 0 Å². The molecule has 2 heterocycles. The van der Waals surface area contributed by atoms with Gasteiger partial charge in [-0.15, -0.1) is 11.3 Å². The predicted molar refractivity (Wildman–Crippen MR) is 88.9 cm³/mol. The highest BCUT2D eigenvalue weighted by atomic mass is 32.1. The number of aryl methyl sites for hydroxylation is 1. The quantitative estimate of drug-likeness (QED) is 0.831. The Morgan fingerprint density at radius 2 is 2.10 bits per heavy atom. The molecule has 0 aliphatic heterocycles. The van der Waals surface area contributed by atoms with E-state index in [0.29, 0.717) is 0 Å². The Balaban J connectivity index is 2.12. The van der Waals surface area contributed by atoms with E-state index in [4.69, 9.17) is 4.98 Å². The molecule has 0 bridgehead atoms. The molecule has 116 valence electrons. The topological polar surface area (TPSA) is 42.7 Å². The Hall–Kier alpha value is -1.20. The molecule has 21 heavy (non-hydrogen) atoms. The zero-order valence-electron chi connectivity index (χ0n) is 13.7. The first-order valence-electron chi connectivity index (χ1n) is 7.58. The first-order valence-corrected chi connectivity index (χ1v) is 8.46. The van der Waals surface area contributed by atoms with Crippen LogP contribution in [0.2, 0.25) is 0 Å². The van der Waals surface area contributed by atoms with Gasteiger partial charge in [0.05, 0.1) is 17.9 Å². The van der Waals surface area contributed by atoms with Crippen LogP contribution in [0, 0.1) is 6.92 Å². The van der Waals surface area contributed by atoms with Crippen LogP contribution in [-0.2, 0) is 18.5 Å². The summed E-state index contributed by atoms with van der Waals surface area (Å²) in [6, 6.07) is 0. The number of thiazole rings is 1. The van der Waals surface area contributed by atoms with Gasteiger partial charge in [0, 0.05) is 23.5 Å². The van der Waals surface area contributed by atoms with Crippen LogP contribution >= 0.6 is 11.3 Å². The molecular weight excluding hydrogens is 280 g/mol. The van der Waals surface area contributed by atoms with Crippen LogP contribution in [0.3, 0.4) is 0 Å². The molecule has 2 rings (SSSR count). The van der Waals surface area contributed by atoms with Crippen LogP contribution in [0.4, 0.5) is 0 Å². The summed E-state index contributed by atoms with van der Waals surface area (Å²) in [5, 5.41) is 6.77. The second kappa shape index (κ2) is 6.71. The monoisotopic (exact) mass is 306 g/mol. The number of nitrogens with zero attached hydrogens (tertiary/aromatic N) is 3. The number of nitrogens with one attached hydrogen (secondary N) is 1. The van der Waals surface area contributed by atoms with Crippen LogP contribution in [0.5, 0.6) is 0 Å². The maximum absolute atomic E-state index is 4.78. The summed E-state index contributed by atoms with van der Waals surface area (Å²) in [5.74, 6) is 1.05. The summed E-state index contributed by atoms with van der Waals surface area (Å²) in [4.78, 5) is 9.23. The van der Waals surface area contributed by atoms with Gasteiger partial charge in [0.25, 0.3) is 0 Å². The number of hydrogen-bond donors (Lipinski definition) is 1. The van der Waals surface area contributed by atoms with Crippen molar-refractivity contribution in [3.63, 3.8) is 0 Å². The van der Waals surface area contributed by atoms with Crippen LogP contribution in [0.25, 0.3) is 0 Å². The summed E-state index contributed by atoms with van der Waals surface area (Å²) in [6.45, 7) is 13.6. The molecule has 2 aromatic heterocycles. The summed E-state index contributed by atoms with van der Waals surface area (Å²) >= 11 is 1.74. The molecule has 2 aromatic rings. The van der Waals surface area contributed by atoms with Gasteiger partial charge in [0.2, 0.25) is 0 Å². The van der Waals surface area contributed by atoms with Gasteiger partial charge >= 0.3 is 0 Å². The van der Waals surface area contributed by atoms with Crippen LogP contribution in [-0.4, -0.2) is 21.1 Å². The number of rotatable bonds is 6. The lowest BCUT2D eigenvalue weighted by Crippen LogP contribution is -2.18. The van der Waals surface area contributed by atoms with Crippen LogP contribution in [0.15, 0.2) is 11.6 Å². The molecule has 0 aromatic carbocycles. The van der Waals surface area contributed by atoms with Gasteiger partial charge in [-0.25, -0.2) is 9.97 Å². The van der Waals surface area contributed by atoms with Crippen molar-refractivity contribution in [2.24, 2.45) is 0 Å². The normalized spacial score (nSPS) is 12.0. The second-order valence-electron chi connectivity index (χ2n) is 6.44. The maximum atomic E-state index is 4.78. The second-order valence-corrected chi connectivity index (χ2v) is 7.38. The fraction of sp³-hybridized carbons (Fsp3) is 0.625. The number of hydrogen-bond acceptors (Lipinski definition) is 4. The van der Waals surface area contributed by atoms with Crippen molar-refractivity contribution in [1.82, 2.24) is 19.9 Å². The largest absolute Gasteiger partial charge is 0.324 e. The van der Waals surface area contributed by atoms with E-state index in [2.05, 4.69) is 54.9 Å². The highest BCUT2D eigenvalue weighted by molar-refractivity contribution is 7.09. The molecule has 0 atom stereocenters. The van der Waals surface area contributed by atoms with Gasteiger partial charge in [-0.3, -0.25) is 0 Å². The zero-order valence-corrected chi connectivity index (χ0v) is 14.5. The van der Waals surface area contributed by atoms with Crippen molar-refractivity contribution in [3.8, 4) is 0 Å². The van der Waals surface area contributed by atoms with Gasteiger partial charge < -0.3 is 9.88 Å². The fourth-order valence-electron chi connectivity index (χ4n) is 2.13. The minimum atomic E-state index is 0.115. The molecular formula is C16H26N4S. The Morgan fingerprint density at radius 3 is 2.71 bits per heavy atom. The molecule has 0 fully saturated rings. The van der Waals surface area contributed by atoms with E-state index in [-0.39, 0.29) is 5.41 Å². The van der Waals surface area contributed by atoms with E-state index >= 15 is 0 Å². The van der Waals surface area contributed by atoms with Crippen molar-refractivity contribution in [2.45, 2.75) is 59.5 Å². The molecule has 0 radical (unpaired) electrons. The van der Waals surface area contributed by atoms with Crippen molar-refractivity contribution in [1.29, 1.82) is 0 Å². The average molecular weight is 306 g/mol. The first kappa shape index (κ1) is 16.2. The van der Waals surface area contributed by atoms with Gasteiger partial charge in [-0.05, 0) is 19.9 Å². The lowest BCUT2D eigenvalue weighted by molar-refractivity contribution is 0.567. The highest BCUT2D eigenvalue weighted by Gasteiger charge is 2.18. The predicted octanol–water partition coefficient (Wildman–Crippen LogP) is 3.49. The molecule has 0 spiro atoms. The van der Waals surface area contributed by atoms with E-state index in [1.807, 2.05) is 6.20 Å². The third kappa shape index (κ3) is 4.14. The van der Waals surface area contributed by atoms with E-state index in [1.54, 1.807) is 11.3 Å². The molecule has 0 aliphatic rings. The molecule has 0 amide bonds. The Bertz CT molecular complexity index is 577. The summed E-state index contributed by atoms with van der Waals surface area (Å²) in [7, 11) is 0. The van der Waals surface area contributed by atoms with Crippen LogP contribution in [0.1, 0.15) is 56.3 Å². The van der Waals surface area contributed by atoms with Crippen molar-refractivity contribution < 1.29 is 0 Å². The molecule has 0 saturated heterocycles.